The Hall–Kier alpha value is -1.27. The van der Waals surface area contributed by atoms with Crippen LogP contribution in [-0.2, 0) is 6.42 Å². The van der Waals surface area contributed by atoms with Crippen LogP contribution in [0.2, 0.25) is 5.15 Å². The monoisotopic (exact) mass is 238 g/mol. The van der Waals surface area contributed by atoms with E-state index < -0.39 is 5.60 Å². The van der Waals surface area contributed by atoms with Gasteiger partial charge in [-0.1, -0.05) is 30.9 Å². The van der Waals surface area contributed by atoms with Crippen molar-refractivity contribution in [2.75, 3.05) is 0 Å². The summed E-state index contributed by atoms with van der Waals surface area (Å²) in [4.78, 5) is 8.01. The molecule has 0 fully saturated rings. The number of terminal acetylenes is 1. The highest BCUT2D eigenvalue weighted by Crippen LogP contribution is 2.26. The number of hydrogen-bond acceptors (Lipinski definition) is 3. The molecular formula is C12H15ClN2O. The van der Waals surface area contributed by atoms with Crippen molar-refractivity contribution in [1.29, 1.82) is 0 Å². The second-order valence-corrected chi connectivity index (χ2v) is 4.31. The summed E-state index contributed by atoms with van der Waals surface area (Å²) in [6, 6.07) is 0. The lowest BCUT2D eigenvalue weighted by atomic mass is 10.1. The van der Waals surface area contributed by atoms with E-state index in [9.17, 15) is 0 Å². The van der Waals surface area contributed by atoms with Gasteiger partial charge < -0.3 is 4.74 Å². The van der Waals surface area contributed by atoms with Crippen LogP contribution in [0.3, 0.4) is 0 Å². The Bertz CT molecular complexity index is 410. The minimum atomic E-state index is -0.694. The highest BCUT2D eigenvalue weighted by molar-refractivity contribution is 6.30. The van der Waals surface area contributed by atoms with Crippen LogP contribution in [0.25, 0.3) is 0 Å². The average Bonchev–Trinajstić information content (AvgIpc) is 2.23. The molecule has 1 aromatic rings. The van der Waals surface area contributed by atoms with Crippen molar-refractivity contribution in [2.24, 2.45) is 0 Å². The number of ether oxygens (including phenoxy) is 1. The smallest absolute Gasteiger partial charge is 0.222 e. The van der Waals surface area contributed by atoms with Gasteiger partial charge in [0.2, 0.25) is 5.88 Å². The Morgan fingerprint density at radius 3 is 2.75 bits per heavy atom. The van der Waals surface area contributed by atoms with Gasteiger partial charge in [-0.2, -0.15) is 0 Å². The first-order valence-corrected chi connectivity index (χ1v) is 5.54. The van der Waals surface area contributed by atoms with E-state index in [2.05, 4.69) is 22.8 Å². The summed E-state index contributed by atoms with van der Waals surface area (Å²) in [5.41, 5.74) is 0.121. The Balaban J connectivity index is 3.05. The lowest BCUT2D eigenvalue weighted by Gasteiger charge is -2.21. The van der Waals surface area contributed by atoms with E-state index >= 15 is 0 Å². The molecule has 0 amide bonds. The number of halogens is 1. The zero-order valence-corrected chi connectivity index (χ0v) is 10.5. The van der Waals surface area contributed by atoms with Crippen LogP contribution in [-0.4, -0.2) is 15.6 Å². The van der Waals surface area contributed by atoms with Gasteiger partial charge in [-0.15, -0.1) is 6.42 Å². The van der Waals surface area contributed by atoms with Crippen LogP contribution in [0.5, 0.6) is 5.88 Å². The maximum absolute atomic E-state index is 6.00. The van der Waals surface area contributed by atoms with Gasteiger partial charge >= 0.3 is 0 Å². The molecule has 0 saturated carbocycles. The Labute approximate surface area is 101 Å². The first-order chi connectivity index (χ1) is 7.50. The van der Waals surface area contributed by atoms with Gasteiger partial charge in [-0.05, 0) is 20.3 Å². The summed E-state index contributed by atoms with van der Waals surface area (Å²) < 4.78 is 5.64. The molecule has 1 heterocycles. The van der Waals surface area contributed by atoms with E-state index in [-0.39, 0.29) is 0 Å². The average molecular weight is 239 g/mol. The minimum Gasteiger partial charge on any atom is -0.458 e. The molecule has 3 nitrogen and oxygen atoms in total. The van der Waals surface area contributed by atoms with Crippen LogP contribution in [0.1, 0.15) is 32.8 Å². The summed E-state index contributed by atoms with van der Waals surface area (Å²) in [5.74, 6) is 3.03. The largest absolute Gasteiger partial charge is 0.458 e. The Morgan fingerprint density at radius 2 is 2.19 bits per heavy atom. The normalized spacial score (nSPS) is 10.9. The van der Waals surface area contributed by atoms with E-state index in [0.717, 1.165) is 18.4 Å². The first kappa shape index (κ1) is 12.8. The summed E-state index contributed by atoms with van der Waals surface area (Å²) in [7, 11) is 0. The van der Waals surface area contributed by atoms with Crippen molar-refractivity contribution in [3.8, 4) is 18.2 Å². The van der Waals surface area contributed by atoms with Crippen LogP contribution >= 0.6 is 11.6 Å². The topological polar surface area (TPSA) is 35.0 Å². The standard InChI is InChI=1S/C12H15ClN2O/c1-5-7-9-10(13)14-8-15-11(9)16-12(3,4)6-2/h2,8H,5,7H2,1,3-4H3. The molecule has 0 aliphatic rings. The second kappa shape index (κ2) is 5.18. The molecule has 0 aromatic carbocycles. The molecule has 0 radical (unpaired) electrons. The summed E-state index contributed by atoms with van der Waals surface area (Å²) in [5, 5.41) is 0.430. The summed E-state index contributed by atoms with van der Waals surface area (Å²) in [6.07, 6.45) is 8.46. The maximum Gasteiger partial charge on any atom is 0.222 e. The number of rotatable bonds is 4. The van der Waals surface area contributed by atoms with Crippen molar-refractivity contribution < 1.29 is 4.74 Å². The minimum absolute atomic E-state index is 0.430. The van der Waals surface area contributed by atoms with Gasteiger partial charge in [0.15, 0.2) is 5.60 Å². The molecule has 4 heteroatoms. The summed E-state index contributed by atoms with van der Waals surface area (Å²) >= 11 is 6.00. The quantitative estimate of drug-likeness (QED) is 0.598. The highest BCUT2D eigenvalue weighted by atomic mass is 35.5. The zero-order valence-electron chi connectivity index (χ0n) is 9.75. The predicted octanol–water partition coefficient (Wildman–Crippen LogP) is 2.87. The first-order valence-electron chi connectivity index (χ1n) is 5.16. The molecule has 0 unspecified atom stereocenters. The highest BCUT2D eigenvalue weighted by Gasteiger charge is 2.20. The molecular weight excluding hydrogens is 224 g/mol. The molecule has 16 heavy (non-hydrogen) atoms. The molecule has 0 N–H and O–H groups in total. The van der Waals surface area contributed by atoms with E-state index in [1.807, 2.05) is 0 Å². The third-order valence-corrected chi connectivity index (χ3v) is 2.38. The van der Waals surface area contributed by atoms with E-state index in [4.69, 9.17) is 22.8 Å². The molecule has 1 rings (SSSR count). The van der Waals surface area contributed by atoms with Crippen molar-refractivity contribution in [2.45, 2.75) is 39.2 Å². The third kappa shape index (κ3) is 3.11. The molecule has 0 spiro atoms. The lowest BCUT2D eigenvalue weighted by Crippen LogP contribution is -2.26. The van der Waals surface area contributed by atoms with Gasteiger partial charge in [-0.25, -0.2) is 9.97 Å². The number of hydrogen-bond donors (Lipinski definition) is 0. The van der Waals surface area contributed by atoms with Gasteiger partial charge in [-0.3, -0.25) is 0 Å². The van der Waals surface area contributed by atoms with Crippen LogP contribution in [0.15, 0.2) is 6.33 Å². The van der Waals surface area contributed by atoms with E-state index in [0.29, 0.717) is 11.0 Å². The zero-order chi connectivity index (χ0) is 12.2. The molecule has 86 valence electrons. The molecule has 1 aromatic heterocycles. The number of nitrogens with zero attached hydrogens (tertiary/aromatic N) is 2. The molecule has 0 bridgehead atoms. The fourth-order valence-corrected chi connectivity index (χ4v) is 1.41. The van der Waals surface area contributed by atoms with Crippen molar-refractivity contribution in [3.63, 3.8) is 0 Å². The molecule has 0 aliphatic heterocycles. The van der Waals surface area contributed by atoms with Crippen LogP contribution in [0.4, 0.5) is 0 Å². The van der Waals surface area contributed by atoms with E-state index in [1.54, 1.807) is 13.8 Å². The SMILES string of the molecule is C#CC(C)(C)Oc1ncnc(Cl)c1CCC. The van der Waals surface area contributed by atoms with Gasteiger partial charge in [0.25, 0.3) is 0 Å². The van der Waals surface area contributed by atoms with E-state index in [1.165, 1.54) is 6.33 Å². The fraction of sp³-hybridized carbons (Fsp3) is 0.500. The Morgan fingerprint density at radius 1 is 1.50 bits per heavy atom. The van der Waals surface area contributed by atoms with Crippen molar-refractivity contribution >= 4 is 11.6 Å². The Kier molecular flexibility index (Phi) is 4.14. The lowest BCUT2D eigenvalue weighted by molar-refractivity contribution is 0.162. The van der Waals surface area contributed by atoms with Crippen LogP contribution < -0.4 is 4.74 Å². The second-order valence-electron chi connectivity index (χ2n) is 3.95. The third-order valence-electron chi connectivity index (χ3n) is 2.05. The van der Waals surface area contributed by atoms with Crippen LogP contribution in [0, 0.1) is 12.3 Å². The van der Waals surface area contributed by atoms with Gasteiger partial charge in [0, 0.05) is 0 Å². The maximum atomic E-state index is 6.00. The van der Waals surface area contributed by atoms with Crippen molar-refractivity contribution in [3.05, 3.63) is 17.0 Å². The molecule has 0 aliphatic carbocycles. The fourth-order valence-electron chi connectivity index (χ4n) is 1.20. The van der Waals surface area contributed by atoms with Gasteiger partial charge in [0.1, 0.15) is 11.5 Å². The summed E-state index contributed by atoms with van der Waals surface area (Å²) in [6.45, 7) is 5.66. The number of aromatic nitrogens is 2. The molecule has 0 saturated heterocycles. The molecule has 0 atom stereocenters. The van der Waals surface area contributed by atoms with Gasteiger partial charge in [0.05, 0.1) is 5.56 Å². The van der Waals surface area contributed by atoms with Crippen molar-refractivity contribution in [1.82, 2.24) is 9.97 Å². The predicted molar refractivity (Wildman–Crippen MR) is 64.6 cm³/mol.